The monoisotopic (exact) mass is 410 g/mol. The minimum atomic E-state index is -0.153. The molecule has 4 heterocycles. The molecule has 1 amide bonds. The van der Waals surface area contributed by atoms with Gasteiger partial charge in [0, 0.05) is 19.0 Å². The van der Waals surface area contributed by atoms with Crippen LogP contribution >= 0.6 is 22.7 Å². The van der Waals surface area contributed by atoms with Crippen LogP contribution in [0.15, 0.2) is 46.8 Å². The molecule has 142 valence electrons. The number of hydrogen-bond donors (Lipinski definition) is 0. The Morgan fingerprint density at radius 2 is 2.14 bits per heavy atom. The van der Waals surface area contributed by atoms with Crippen LogP contribution in [0, 0.1) is 0 Å². The predicted molar refractivity (Wildman–Crippen MR) is 112 cm³/mol. The molecule has 1 fully saturated rings. The second-order valence-corrected chi connectivity index (χ2v) is 8.97. The lowest BCUT2D eigenvalue weighted by Crippen LogP contribution is -2.42. The second kappa shape index (κ2) is 7.10. The van der Waals surface area contributed by atoms with Crippen molar-refractivity contribution in [3.63, 3.8) is 0 Å². The molecule has 0 spiro atoms. The van der Waals surface area contributed by atoms with E-state index in [1.165, 1.54) is 26.9 Å². The zero-order chi connectivity index (χ0) is 19.1. The molecular weight excluding hydrogens is 392 g/mol. The maximum Gasteiger partial charge on any atom is 0.262 e. The number of para-hydroxylation sites is 1. The lowest BCUT2D eigenvalue weighted by atomic mass is 9.98. The lowest BCUT2D eigenvalue weighted by Gasteiger charge is -2.32. The quantitative estimate of drug-likeness (QED) is 0.519. The molecule has 0 aliphatic carbocycles. The van der Waals surface area contributed by atoms with Gasteiger partial charge in [-0.2, -0.15) is 0 Å². The first kappa shape index (κ1) is 17.5. The molecule has 0 bridgehead atoms. The SMILES string of the molecule is O=C(Cn1cnc2sccc2c1=O)N1CCCC(c2nc3ccccc3s2)C1. The molecular formula is C20H18N4O2S2. The fourth-order valence-electron chi connectivity index (χ4n) is 3.72. The number of piperidine rings is 1. The van der Waals surface area contributed by atoms with E-state index in [1.54, 1.807) is 17.4 Å². The Bertz CT molecular complexity index is 1190. The van der Waals surface area contributed by atoms with Crippen LogP contribution in [-0.2, 0) is 11.3 Å². The van der Waals surface area contributed by atoms with Crippen molar-refractivity contribution in [3.05, 3.63) is 57.4 Å². The van der Waals surface area contributed by atoms with E-state index in [2.05, 4.69) is 11.1 Å². The number of fused-ring (bicyclic) bond motifs is 2. The minimum Gasteiger partial charge on any atom is -0.340 e. The van der Waals surface area contributed by atoms with Crippen molar-refractivity contribution in [1.82, 2.24) is 19.4 Å². The van der Waals surface area contributed by atoms with E-state index >= 15 is 0 Å². The minimum absolute atomic E-state index is 0.0319. The third-order valence-electron chi connectivity index (χ3n) is 5.19. The van der Waals surface area contributed by atoms with Gasteiger partial charge in [0.15, 0.2) is 0 Å². The topological polar surface area (TPSA) is 68.1 Å². The number of thiazole rings is 1. The van der Waals surface area contributed by atoms with Gasteiger partial charge >= 0.3 is 0 Å². The van der Waals surface area contributed by atoms with Crippen LogP contribution in [0.25, 0.3) is 20.4 Å². The van der Waals surface area contributed by atoms with Gasteiger partial charge in [-0.05, 0) is 36.4 Å². The summed E-state index contributed by atoms with van der Waals surface area (Å²) in [5, 5.41) is 3.52. The van der Waals surface area contributed by atoms with Gasteiger partial charge < -0.3 is 4.90 Å². The summed E-state index contributed by atoms with van der Waals surface area (Å²) in [5.41, 5.74) is 0.868. The van der Waals surface area contributed by atoms with Crippen molar-refractivity contribution in [3.8, 4) is 0 Å². The van der Waals surface area contributed by atoms with Crippen LogP contribution in [0.5, 0.6) is 0 Å². The Balaban J connectivity index is 1.34. The molecule has 1 saturated heterocycles. The largest absolute Gasteiger partial charge is 0.340 e. The Labute approximate surface area is 169 Å². The number of hydrogen-bond acceptors (Lipinski definition) is 6. The summed E-state index contributed by atoms with van der Waals surface area (Å²) in [5.74, 6) is 0.216. The van der Waals surface area contributed by atoms with E-state index in [0.717, 1.165) is 29.9 Å². The summed E-state index contributed by atoms with van der Waals surface area (Å²) < 4.78 is 2.60. The van der Waals surface area contributed by atoms with Crippen molar-refractivity contribution >= 4 is 49.0 Å². The third kappa shape index (κ3) is 3.12. The van der Waals surface area contributed by atoms with Crippen molar-refractivity contribution < 1.29 is 4.79 Å². The highest BCUT2D eigenvalue weighted by Crippen LogP contribution is 2.33. The first-order valence-corrected chi connectivity index (χ1v) is 10.9. The van der Waals surface area contributed by atoms with Gasteiger partial charge in [-0.1, -0.05) is 12.1 Å². The number of carbonyl (C=O) groups is 1. The summed E-state index contributed by atoms with van der Waals surface area (Å²) in [6, 6.07) is 9.90. The van der Waals surface area contributed by atoms with Gasteiger partial charge in [0.25, 0.3) is 5.56 Å². The van der Waals surface area contributed by atoms with E-state index in [4.69, 9.17) is 4.98 Å². The normalized spacial score (nSPS) is 17.4. The molecule has 28 heavy (non-hydrogen) atoms. The number of aromatic nitrogens is 3. The number of thiophene rings is 1. The Morgan fingerprint density at radius 3 is 3.04 bits per heavy atom. The third-order valence-corrected chi connectivity index (χ3v) is 7.21. The van der Waals surface area contributed by atoms with Crippen molar-refractivity contribution in [2.24, 2.45) is 0 Å². The molecule has 0 saturated carbocycles. The Hall–Kier alpha value is -2.58. The van der Waals surface area contributed by atoms with Gasteiger partial charge in [-0.3, -0.25) is 14.2 Å². The summed E-state index contributed by atoms with van der Waals surface area (Å²) in [4.78, 5) is 37.0. The molecule has 1 atom stereocenters. The van der Waals surface area contributed by atoms with E-state index < -0.39 is 0 Å². The molecule has 1 aromatic carbocycles. The van der Waals surface area contributed by atoms with Crippen LogP contribution in [0.4, 0.5) is 0 Å². The van der Waals surface area contributed by atoms with Crippen molar-refractivity contribution in [2.45, 2.75) is 25.3 Å². The molecule has 0 N–H and O–H groups in total. The van der Waals surface area contributed by atoms with Crippen LogP contribution < -0.4 is 5.56 Å². The maximum atomic E-state index is 12.9. The summed E-state index contributed by atoms with van der Waals surface area (Å²) in [6.45, 7) is 1.41. The summed E-state index contributed by atoms with van der Waals surface area (Å²) in [7, 11) is 0. The fraction of sp³-hybridized carbons (Fsp3) is 0.300. The van der Waals surface area contributed by atoms with Crippen LogP contribution in [-0.4, -0.2) is 38.4 Å². The first-order valence-electron chi connectivity index (χ1n) is 9.25. The average molecular weight is 411 g/mol. The first-order chi connectivity index (χ1) is 13.7. The summed E-state index contributed by atoms with van der Waals surface area (Å²) >= 11 is 3.14. The molecule has 8 heteroatoms. The zero-order valence-electron chi connectivity index (χ0n) is 15.1. The Kier molecular flexibility index (Phi) is 4.44. The average Bonchev–Trinajstić information content (AvgIpc) is 3.37. The maximum absolute atomic E-state index is 12.9. The predicted octanol–water partition coefficient (Wildman–Crippen LogP) is 3.47. The number of benzene rings is 1. The van der Waals surface area contributed by atoms with Crippen LogP contribution in [0.3, 0.4) is 0 Å². The number of rotatable bonds is 3. The molecule has 1 aliphatic heterocycles. The molecule has 3 aromatic heterocycles. The number of carbonyl (C=O) groups excluding carboxylic acids is 1. The van der Waals surface area contributed by atoms with Gasteiger partial charge in [0.1, 0.15) is 11.4 Å². The molecule has 1 aliphatic rings. The number of amides is 1. The second-order valence-electron chi connectivity index (χ2n) is 7.02. The molecule has 4 aromatic rings. The molecule has 0 radical (unpaired) electrons. The number of likely N-dealkylation sites (tertiary alicyclic amines) is 1. The van der Waals surface area contributed by atoms with E-state index in [9.17, 15) is 9.59 Å². The summed E-state index contributed by atoms with van der Waals surface area (Å²) in [6.07, 6.45) is 3.46. The number of nitrogens with zero attached hydrogens (tertiary/aromatic N) is 4. The van der Waals surface area contributed by atoms with Gasteiger partial charge in [0.2, 0.25) is 5.91 Å². The Morgan fingerprint density at radius 1 is 1.25 bits per heavy atom. The molecule has 6 nitrogen and oxygen atoms in total. The van der Waals surface area contributed by atoms with Crippen molar-refractivity contribution in [2.75, 3.05) is 13.1 Å². The van der Waals surface area contributed by atoms with Gasteiger partial charge in [-0.15, -0.1) is 22.7 Å². The van der Waals surface area contributed by atoms with Gasteiger partial charge in [0.05, 0.1) is 26.9 Å². The van der Waals surface area contributed by atoms with E-state index in [1.807, 2.05) is 28.5 Å². The highest BCUT2D eigenvalue weighted by atomic mass is 32.1. The molecule has 1 unspecified atom stereocenters. The van der Waals surface area contributed by atoms with Crippen LogP contribution in [0.1, 0.15) is 23.8 Å². The fourth-order valence-corrected chi connectivity index (χ4v) is 5.54. The van der Waals surface area contributed by atoms with E-state index in [-0.39, 0.29) is 23.9 Å². The zero-order valence-corrected chi connectivity index (χ0v) is 16.7. The van der Waals surface area contributed by atoms with Gasteiger partial charge in [-0.25, -0.2) is 9.97 Å². The molecule has 5 rings (SSSR count). The lowest BCUT2D eigenvalue weighted by molar-refractivity contribution is -0.133. The smallest absolute Gasteiger partial charge is 0.262 e. The van der Waals surface area contributed by atoms with Crippen LogP contribution in [0.2, 0.25) is 0 Å². The highest BCUT2D eigenvalue weighted by molar-refractivity contribution is 7.18. The van der Waals surface area contributed by atoms with Crippen molar-refractivity contribution in [1.29, 1.82) is 0 Å². The standard InChI is InChI=1S/C20H18N4O2S2/c25-17(11-24-12-21-19-14(20(24)26)7-9-27-19)23-8-3-4-13(10-23)18-22-15-5-1-2-6-16(15)28-18/h1-2,5-7,9,12-13H,3-4,8,10-11H2. The van der Waals surface area contributed by atoms with E-state index in [0.29, 0.717) is 16.8 Å². The highest BCUT2D eigenvalue weighted by Gasteiger charge is 2.27.